The molecule has 132 valence electrons. The van der Waals surface area contributed by atoms with Gasteiger partial charge in [0.05, 0.1) is 5.92 Å². The van der Waals surface area contributed by atoms with Gasteiger partial charge in [-0.25, -0.2) is 0 Å². The lowest BCUT2D eigenvalue weighted by molar-refractivity contribution is -0.138. The molecule has 1 aliphatic heterocycles. The van der Waals surface area contributed by atoms with Crippen molar-refractivity contribution < 1.29 is 14.3 Å². The lowest BCUT2D eigenvalue weighted by Crippen LogP contribution is -2.46. The molecule has 6 heteroatoms. The Labute approximate surface area is 148 Å². The van der Waals surface area contributed by atoms with Gasteiger partial charge in [-0.3, -0.25) is 9.59 Å². The molecule has 2 amide bonds. The van der Waals surface area contributed by atoms with Crippen LogP contribution < -0.4 is 5.32 Å². The van der Waals surface area contributed by atoms with E-state index in [0.29, 0.717) is 13.1 Å². The number of aryl methyl sites for hydroxylation is 1. The summed E-state index contributed by atoms with van der Waals surface area (Å²) in [7, 11) is 1.51. The Morgan fingerprint density at radius 2 is 2.08 bits per heavy atom. The molecule has 2 rings (SSSR count). The smallest absolute Gasteiger partial charge is 0.248 e. The number of thioether (sulfide) groups is 1. The van der Waals surface area contributed by atoms with E-state index in [0.717, 1.165) is 25.1 Å². The minimum Gasteiger partial charge on any atom is -0.375 e. The van der Waals surface area contributed by atoms with Crippen molar-refractivity contribution in [2.75, 3.05) is 39.1 Å². The van der Waals surface area contributed by atoms with Crippen LogP contribution in [0.1, 0.15) is 18.4 Å². The molecule has 1 aliphatic rings. The third-order valence-corrected chi connectivity index (χ3v) is 5.12. The average molecular weight is 350 g/mol. The molecule has 1 atom stereocenters. The molecule has 0 spiro atoms. The van der Waals surface area contributed by atoms with Crippen LogP contribution in [0.3, 0.4) is 0 Å². The van der Waals surface area contributed by atoms with Crippen LogP contribution in [-0.2, 0) is 14.3 Å². The van der Waals surface area contributed by atoms with Crippen molar-refractivity contribution in [3.05, 3.63) is 29.8 Å². The lowest BCUT2D eigenvalue weighted by atomic mass is 9.97. The van der Waals surface area contributed by atoms with Gasteiger partial charge in [-0.05, 0) is 31.9 Å². The molecule has 1 heterocycles. The Bertz CT molecular complexity index is 548. The van der Waals surface area contributed by atoms with Gasteiger partial charge >= 0.3 is 0 Å². The number of methoxy groups -OCH3 is 1. The molecule has 1 fully saturated rings. The number of amides is 2. The molecule has 0 aliphatic carbocycles. The Balaban J connectivity index is 1.69. The van der Waals surface area contributed by atoms with Gasteiger partial charge in [0.25, 0.3) is 0 Å². The number of carbonyl (C=O) groups excluding carboxylic acids is 2. The maximum atomic E-state index is 12.3. The summed E-state index contributed by atoms with van der Waals surface area (Å²) in [5.74, 6) is 0.747. The molecular weight excluding hydrogens is 324 g/mol. The highest BCUT2D eigenvalue weighted by molar-refractivity contribution is 7.99. The van der Waals surface area contributed by atoms with E-state index >= 15 is 0 Å². The van der Waals surface area contributed by atoms with Gasteiger partial charge in [-0.2, -0.15) is 0 Å². The Hall–Kier alpha value is -1.53. The second-order valence-electron chi connectivity index (χ2n) is 6.06. The number of nitrogens with one attached hydrogen (secondary N) is 1. The van der Waals surface area contributed by atoms with Crippen LogP contribution in [0.2, 0.25) is 0 Å². The fourth-order valence-corrected chi connectivity index (χ4v) is 3.52. The van der Waals surface area contributed by atoms with E-state index in [1.807, 2.05) is 0 Å². The molecule has 0 aromatic heterocycles. The summed E-state index contributed by atoms with van der Waals surface area (Å²) in [5.41, 5.74) is 1.25. The van der Waals surface area contributed by atoms with E-state index in [1.165, 1.54) is 17.6 Å². The van der Waals surface area contributed by atoms with E-state index in [4.69, 9.17) is 4.74 Å². The quantitative estimate of drug-likeness (QED) is 0.604. The van der Waals surface area contributed by atoms with Crippen molar-refractivity contribution in [1.29, 1.82) is 0 Å². The molecule has 1 aromatic carbocycles. The molecule has 0 radical (unpaired) electrons. The van der Waals surface area contributed by atoms with Crippen molar-refractivity contribution in [2.24, 2.45) is 5.92 Å². The van der Waals surface area contributed by atoms with Gasteiger partial charge in [-0.1, -0.05) is 17.7 Å². The number of ether oxygens (including phenoxy) is 1. The monoisotopic (exact) mass is 350 g/mol. The summed E-state index contributed by atoms with van der Waals surface area (Å²) >= 11 is 1.73. The zero-order valence-electron chi connectivity index (χ0n) is 14.4. The van der Waals surface area contributed by atoms with Crippen molar-refractivity contribution in [2.45, 2.75) is 24.7 Å². The number of carbonyl (C=O) groups is 2. The number of piperidine rings is 1. The van der Waals surface area contributed by atoms with Crippen LogP contribution in [0, 0.1) is 12.8 Å². The third-order valence-electron chi connectivity index (χ3n) is 4.10. The molecule has 0 bridgehead atoms. The van der Waals surface area contributed by atoms with Crippen molar-refractivity contribution in [3.8, 4) is 0 Å². The van der Waals surface area contributed by atoms with Gasteiger partial charge in [0.2, 0.25) is 11.8 Å². The first kappa shape index (κ1) is 18.8. The molecule has 1 unspecified atom stereocenters. The summed E-state index contributed by atoms with van der Waals surface area (Å²) < 4.78 is 4.89. The Morgan fingerprint density at radius 3 is 2.79 bits per heavy atom. The van der Waals surface area contributed by atoms with E-state index in [1.54, 1.807) is 16.7 Å². The van der Waals surface area contributed by atoms with E-state index in [-0.39, 0.29) is 24.3 Å². The van der Waals surface area contributed by atoms with Gasteiger partial charge in [0.15, 0.2) is 0 Å². The molecule has 5 nitrogen and oxygen atoms in total. The van der Waals surface area contributed by atoms with E-state index in [2.05, 4.69) is 36.5 Å². The van der Waals surface area contributed by atoms with Crippen LogP contribution >= 0.6 is 11.8 Å². The number of likely N-dealkylation sites (tertiary alicyclic amines) is 1. The first-order valence-corrected chi connectivity index (χ1v) is 9.32. The summed E-state index contributed by atoms with van der Waals surface area (Å²) in [5, 5.41) is 3.00. The Kier molecular flexibility index (Phi) is 7.59. The average Bonchev–Trinajstić information content (AvgIpc) is 2.60. The highest BCUT2D eigenvalue weighted by Gasteiger charge is 2.27. The number of nitrogens with zero attached hydrogens (tertiary/aromatic N) is 1. The standard InChI is InChI=1S/C18H26N2O3S/c1-14-5-7-16(8-6-14)24-11-9-19-18(22)15-4-3-10-20(12-15)17(21)13-23-2/h5-8,15H,3-4,9-13H2,1-2H3,(H,19,22). The van der Waals surface area contributed by atoms with Gasteiger partial charge in [-0.15, -0.1) is 11.8 Å². The largest absolute Gasteiger partial charge is 0.375 e. The second-order valence-corrected chi connectivity index (χ2v) is 7.23. The molecular formula is C18H26N2O3S. The summed E-state index contributed by atoms with van der Waals surface area (Å²) in [6, 6.07) is 8.38. The van der Waals surface area contributed by atoms with Crippen molar-refractivity contribution in [1.82, 2.24) is 10.2 Å². The van der Waals surface area contributed by atoms with E-state index in [9.17, 15) is 9.59 Å². The molecule has 24 heavy (non-hydrogen) atoms. The fourth-order valence-electron chi connectivity index (χ4n) is 2.75. The SMILES string of the molecule is COCC(=O)N1CCCC(C(=O)NCCSc2ccc(C)cc2)C1. The summed E-state index contributed by atoms with van der Waals surface area (Å²) in [6.07, 6.45) is 1.71. The van der Waals surface area contributed by atoms with E-state index < -0.39 is 0 Å². The molecule has 1 saturated heterocycles. The minimum atomic E-state index is -0.107. The molecule has 1 aromatic rings. The predicted molar refractivity (Wildman–Crippen MR) is 96.1 cm³/mol. The molecule has 0 saturated carbocycles. The fraction of sp³-hybridized carbons (Fsp3) is 0.556. The normalized spacial score (nSPS) is 17.6. The number of hydrogen-bond acceptors (Lipinski definition) is 4. The van der Waals surface area contributed by atoms with Gasteiger partial charge in [0, 0.05) is 37.4 Å². The molecule has 1 N–H and O–H groups in total. The first-order valence-electron chi connectivity index (χ1n) is 8.34. The van der Waals surface area contributed by atoms with Crippen LogP contribution in [0.5, 0.6) is 0 Å². The highest BCUT2D eigenvalue weighted by atomic mass is 32.2. The number of benzene rings is 1. The van der Waals surface area contributed by atoms with Crippen LogP contribution in [-0.4, -0.2) is 55.8 Å². The zero-order chi connectivity index (χ0) is 17.4. The second kappa shape index (κ2) is 9.69. The predicted octanol–water partition coefficient (Wildman–Crippen LogP) is 2.09. The zero-order valence-corrected chi connectivity index (χ0v) is 15.2. The maximum absolute atomic E-state index is 12.3. The maximum Gasteiger partial charge on any atom is 0.248 e. The van der Waals surface area contributed by atoms with Crippen LogP contribution in [0.15, 0.2) is 29.2 Å². The summed E-state index contributed by atoms with van der Waals surface area (Å²) in [6.45, 7) is 4.01. The number of hydrogen-bond donors (Lipinski definition) is 1. The van der Waals surface area contributed by atoms with Crippen molar-refractivity contribution >= 4 is 23.6 Å². The minimum absolute atomic E-state index is 0.0371. The van der Waals surface area contributed by atoms with Crippen LogP contribution in [0.4, 0.5) is 0 Å². The highest BCUT2D eigenvalue weighted by Crippen LogP contribution is 2.19. The topological polar surface area (TPSA) is 58.6 Å². The van der Waals surface area contributed by atoms with Gasteiger partial charge in [0.1, 0.15) is 6.61 Å². The van der Waals surface area contributed by atoms with Gasteiger partial charge < -0.3 is 15.0 Å². The third kappa shape index (κ3) is 5.83. The Morgan fingerprint density at radius 1 is 1.33 bits per heavy atom. The number of rotatable bonds is 7. The lowest BCUT2D eigenvalue weighted by Gasteiger charge is -2.31. The van der Waals surface area contributed by atoms with Crippen molar-refractivity contribution in [3.63, 3.8) is 0 Å². The first-order chi connectivity index (χ1) is 11.6. The van der Waals surface area contributed by atoms with Crippen LogP contribution in [0.25, 0.3) is 0 Å². The summed E-state index contributed by atoms with van der Waals surface area (Å²) in [4.78, 5) is 27.1.